The van der Waals surface area contributed by atoms with Crippen LogP contribution in [0.2, 0.25) is 0 Å². The van der Waals surface area contributed by atoms with E-state index in [-0.39, 0.29) is 17.9 Å². The number of rotatable bonds is 5. The number of aryl methyl sites for hydroxylation is 1. The van der Waals surface area contributed by atoms with Crippen molar-refractivity contribution in [2.75, 3.05) is 32.6 Å². The lowest BCUT2D eigenvalue weighted by Gasteiger charge is -2.27. The first kappa shape index (κ1) is 18.9. The number of hydrogen-bond acceptors (Lipinski definition) is 4. The highest BCUT2D eigenvalue weighted by molar-refractivity contribution is 5.95. The van der Waals surface area contributed by atoms with Crippen LogP contribution >= 0.6 is 0 Å². The first-order chi connectivity index (χ1) is 12.9. The summed E-state index contributed by atoms with van der Waals surface area (Å²) in [5, 5.41) is 3.11. The smallest absolute Gasteiger partial charge is 0.271 e. The second-order valence-corrected chi connectivity index (χ2v) is 7.14. The van der Waals surface area contributed by atoms with Gasteiger partial charge in [-0.25, -0.2) is 4.98 Å². The third-order valence-corrected chi connectivity index (χ3v) is 5.06. The Bertz CT molecular complexity index is 843. The lowest BCUT2D eigenvalue weighted by molar-refractivity contribution is 0.0789. The van der Waals surface area contributed by atoms with Crippen LogP contribution in [0.15, 0.2) is 30.5 Å². The van der Waals surface area contributed by atoms with Gasteiger partial charge in [0.1, 0.15) is 11.5 Å². The van der Waals surface area contributed by atoms with Crippen LogP contribution in [0.1, 0.15) is 40.0 Å². The van der Waals surface area contributed by atoms with Gasteiger partial charge in [0.15, 0.2) is 0 Å². The maximum Gasteiger partial charge on any atom is 0.271 e. The number of anilines is 1. The summed E-state index contributed by atoms with van der Waals surface area (Å²) < 4.78 is 1.94. The van der Waals surface area contributed by atoms with E-state index in [1.807, 2.05) is 54.8 Å². The van der Waals surface area contributed by atoms with E-state index in [1.54, 1.807) is 18.1 Å². The molecule has 1 atom stereocenters. The van der Waals surface area contributed by atoms with Crippen molar-refractivity contribution < 1.29 is 9.59 Å². The van der Waals surface area contributed by atoms with Crippen LogP contribution in [0.5, 0.6) is 0 Å². The van der Waals surface area contributed by atoms with Gasteiger partial charge in [-0.2, -0.15) is 0 Å². The largest absolute Gasteiger partial charge is 0.378 e. The zero-order chi connectivity index (χ0) is 19.6. The number of carbonyl (C=O) groups is 2. The van der Waals surface area contributed by atoms with Gasteiger partial charge in [0.25, 0.3) is 11.8 Å². The Morgan fingerprint density at radius 2 is 2.07 bits per heavy atom. The highest BCUT2D eigenvalue weighted by Gasteiger charge is 2.26. The minimum Gasteiger partial charge on any atom is -0.378 e. The van der Waals surface area contributed by atoms with E-state index in [0.29, 0.717) is 24.3 Å². The molecule has 0 spiro atoms. The number of nitrogens with one attached hydrogen (secondary N) is 1. The molecule has 1 aliphatic heterocycles. The summed E-state index contributed by atoms with van der Waals surface area (Å²) in [5.74, 6) is 0.774. The molecule has 1 aliphatic rings. The molecule has 2 heterocycles. The van der Waals surface area contributed by atoms with E-state index in [1.165, 1.54) is 0 Å². The summed E-state index contributed by atoms with van der Waals surface area (Å²) >= 11 is 0. The quantitative estimate of drug-likeness (QED) is 0.872. The molecular weight excluding hydrogens is 342 g/mol. The molecule has 2 amide bonds. The molecule has 7 nitrogen and oxygen atoms in total. The maximum atomic E-state index is 12.7. The molecule has 0 saturated heterocycles. The van der Waals surface area contributed by atoms with E-state index in [2.05, 4.69) is 10.3 Å². The van der Waals surface area contributed by atoms with E-state index >= 15 is 0 Å². The molecule has 2 aromatic rings. The highest BCUT2D eigenvalue weighted by Crippen LogP contribution is 2.19. The number of amides is 2. The van der Waals surface area contributed by atoms with Gasteiger partial charge in [-0.1, -0.05) is 6.07 Å². The Morgan fingerprint density at radius 3 is 2.78 bits per heavy atom. The number of hydrogen-bond donors (Lipinski definition) is 1. The predicted octanol–water partition coefficient (Wildman–Crippen LogP) is 1.79. The van der Waals surface area contributed by atoms with Gasteiger partial charge in [0.05, 0.1) is 6.20 Å². The van der Waals surface area contributed by atoms with E-state index in [9.17, 15) is 9.59 Å². The number of fused-ring (bicyclic) bond motifs is 1. The summed E-state index contributed by atoms with van der Waals surface area (Å²) in [5.41, 5.74) is 2.21. The Morgan fingerprint density at radius 1 is 1.30 bits per heavy atom. The molecule has 0 radical (unpaired) electrons. The lowest BCUT2D eigenvalue weighted by Crippen LogP contribution is -2.42. The molecule has 1 N–H and O–H groups in total. The normalized spacial score (nSPS) is 15.8. The van der Waals surface area contributed by atoms with Crippen molar-refractivity contribution in [3.8, 4) is 0 Å². The highest BCUT2D eigenvalue weighted by atomic mass is 16.2. The van der Waals surface area contributed by atoms with Gasteiger partial charge in [0, 0.05) is 57.9 Å². The Kier molecular flexibility index (Phi) is 5.48. The summed E-state index contributed by atoms with van der Waals surface area (Å²) in [6, 6.07) is 7.53. The molecule has 0 saturated carbocycles. The Hall–Kier alpha value is -2.83. The first-order valence-electron chi connectivity index (χ1n) is 9.28. The van der Waals surface area contributed by atoms with Crippen molar-refractivity contribution in [2.24, 2.45) is 0 Å². The fourth-order valence-corrected chi connectivity index (χ4v) is 3.25. The molecule has 0 fully saturated rings. The maximum absolute atomic E-state index is 12.7. The molecule has 27 heavy (non-hydrogen) atoms. The topological polar surface area (TPSA) is 70.5 Å². The van der Waals surface area contributed by atoms with Crippen LogP contribution in [-0.4, -0.2) is 60.0 Å². The molecule has 1 aromatic carbocycles. The van der Waals surface area contributed by atoms with Crippen LogP contribution in [0.3, 0.4) is 0 Å². The van der Waals surface area contributed by atoms with Crippen LogP contribution in [0.4, 0.5) is 5.69 Å². The van der Waals surface area contributed by atoms with E-state index in [4.69, 9.17) is 0 Å². The molecule has 0 bridgehead atoms. The fourth-order valence-electron chi connectivity index (χ4n) is 3.25. The second kappa shape index (κ2) is 7.82. The van der Waals surface area contributed by atoms with Gasteiger partial charge in [-0.15, -0.1) is 0 Å². The van der Waals surface area contributed by atoms with Crippen LogP contribution < -0.4 is 10.2 Å². The van der Waals surface area contributed by atoms with E-state index < -0.39 is 0 Å². The van der Waals surface area contributed by atoms with Crippen molar-refractivity contribution in [2.45, 2.75) is 32.4 Å². The number of aromatic nitrogens is 2. The van der Waals surface area contributed by atoms with Crippen molar-refractivity contribution in [1.82, 2.24) is 19.8 Å². The van der Waals surface area contributed by atoms with E-state index in [0.717, 1.165) is 24.4 Å². The molecule has 3 rings (SSSR count). The van der Waals surface area contributed by atoms with Crippen LogP contribution in [-0.2, 0) is 13.0 Å². The average molecular weight is 369 g/mol. The SMILES string of the molecule is CCN(C)C(=O)c1cnc2n1CC(NC(=O)c1cccc(N(C)C)c1)CC2. The lowest BCUT2D eigenvalue weighted by atomic mass is 10.1. The van der Waals surface area contributed by atoms with Crippen molar-refractivity contribution in [3.05, 3.63) is 47.5 Å². The second-order valence-electron chi connectivity index (χ2n) is 7.14. The molecule has 144 valence electrons. The summed E-state index contributed by atoms with van der Waals surface area (Å²) in [7, 11) is 5.68. The molecule has 7 heteroatoms. The first-order valence-corrected chi connectivity index (χ1v) is 9.28. The van der Waals surface area contributed by atoms with Crippen molar-refractivity contribution in [3.63, 3.8) is 0 Å². The predicted molar refractivity (Wildman–Crippen MR) is 105 cm³/mol. The molecule has 0 aliphatic carbocycles. The number of imidazole rings is 1. The minimum atomic E-state index is -0.0918. The molecule has 1 aromatic heterocycles. The Labute approximate surface area is 160 Å². The fraction of sp³-hybridized carbons (Fsp3) is 0.450. The standard InChI is InChI=1S/C20H27N5O2/c1-5-24(4)20(27)17-12-21-18-10-9-15(13-25(17)18)22-19(26)14-7-6-8-16(11-14)23(2)3/h6-8,11-12,15H,5,9-10,13H2,1-4H3,(H,22,26). The summed E-state index contributed by atoms with van der Waals surface area (Å²) in [4.78, 5) is 33.2. The molecular formula is C20H27N5O2. The minimum absolute atomic E-state index is 0.0271. The third kappa shape index (κ3) is 3.97. The van der Waals surface area contributed by atoms with Gasteiger partial charge in [-0.05, 0) is 31.5 Å². The zero-order valence-electron chi connectivity index (χ0n) is 16.4. The third-order valence-electron chi connectivity index (χ3n) is 5.06. The molecule has 1 unspecified atom stereocenters. The zero-order valence-corrected chi connectivity index (χ0v) is 16.4. The van der Waals surface area contributed by atoms with Gasteiger partial charge < -0.3 is 19.7 Å². The summed E-state index contributed by atoms with van der Waals surface area (Å²) in [6.45, 7) is 3.14. The van der Waals surface area contributed by atoms with Crippen molar-refractivity contribution >= 4 is 17.5 Å². The number of nitrogens with zero attached hydrogens (tertiary/aromatic N) is 4. The average Bonchev–Trinajstić information content (AvgIpc) is 3.10. The monoisotopic (exact) mass is 369 g/mol. The van der Waals surface area contributed by atoms with Crippen LogP contribution in [0, 0.1) is 0 Å². The number of carbonyl (C=O) groups excluding carboxylic acids is 2. The van der Waals surface area contributed by atoms with Gasteiger partial charge in [-0.3, -0.25) is 9.59 Å². The van der Waals surface area contributed by atoms with Gasteiger partial charge >= 0.3 is 0 Å². The number of benzene rings is 1. The van der Waals surface area contributed by atoms with Crippen LogP contribution in [0.25, 0.3) is 0 Å². The van der Waals surface area contributed by atoms with Crippen molar-refractivity contribution in [1.29, 1.82) is 0 Å². The van der Waals surface area contributed by atoms with Gasteiger partial charge in [0.2, 0.25) is 0 Å². The summed E-state index contributed by atoms with van der Waals surface area (Å²) in [6.07, 6.45) is 3.20. The Balaban J connectivity index is 1.73.